The first-order valence-corrected chi connectivity index (χ1v) is 8.16. The van der Waals surface area contributed by atoms with Crippen LogP contribution in [0.4, 0.5) is 4.39 Å². The van der Waals surface area contributed by atoms with Crippen molar-refractivity contribution in [3.05, 3.63) is 35.6 Å². The van der Waals surface area contributed by atoms with Gasteiger partial charge < -0.3 is 15.3 Å². The van der Waals surface area contributed by atoms with E-state index in [-0.39, 0.29) is 18.3 Å². The van der Waals surface area contributed by atoms with Crippen molar-refractivity contribution in [2.45, 2.75) is 44.6 Å². The first kappa shape index (κ1) is 18.4. The van der Waals surface area contributed by atoms with Gasteiger partial charge in [0, 0.05) is 25.4 Å². The second kappa shape index (κ2) is 6.89. The Balaban J connectivity index is 2.01. The van der Waals surface area contributed by atoms with Crippen LogP contribution in [0.1, 0.15) is 39.2 Å². The largest absolute Gasteiger partial charge is 0.378 e. The van der Waals surface area contributed by atoms with Crippen molar-refractivity contribution in [1.82, 2.24) is 10.2 Å². The third kappa shape index (κ3) is 4.12. The molecule has 1 aliphatic rings. The van der Waals surface area contributed by atoms with Gasteiger partial charge in [-0.25, -0.2) is 4.39 Å². The number of nitrogens with one attached hydrogen (secondary N) is 1. The SMILES string of the molecule is CC(=O)N1CCC[C@@](O)(C(=O)NCC(C)(C)c2ccc(F)cc2)C1. The fourth-order valence-electron chi connectivity index (χ4n) is 2.96. The number of carbonyl (C=O) groups is 2. The van der Waals surface area contributed by atoms with Crippen molar-refractivity contribution in [2.24, 2.45) is 0 Å². The maximum absolute atomic E-state index is 13.0. The van der Waals surface area contributed by atoms with E-state index in [0.717, 1.165) is 5.56 Å². The van der Waals surface area contributed by atoms with Crippen molar-refractivity contribution < 1.29 is 19.1 Å². The lowest BCUT2D eigenvalue weighted by Gasteiger charge is -2.38. The average molecular weight is 336 g/mol. The Hall–Kier alpha value is -1.95. The van der Waals surface area contributed by atoms with Gasteiger partial charge in [-0.3, -0.25) is 9.59 Å². The quantitative estimate of drug-likeness (QED) is 0.877. The number of piperidine rings is 1. The lowest BCUT2D eigenvalue weighted by molar-refractivity contribution is -0.150. The predicted octanol–water partition coefficient (Wildman–Crippen LogP) is 1.59. The number of nitrogens with zero attached hydrogens (tertiary/aromatic N) is 1. The molecule has 1 saturated heterocycles. The molecular formula is C18H25FN2O3. The normalized spacial score (nSPS) is 21.5. The zero-order chi connectivity index (χ0) is 18.0. The highest BCUT2D eigenvalue weighted by atomic mass is 19.1. The first-order chi connectivity index (χ1) is 11.1. The van der Waals surface area contributed by atoms with E-state index in [1.54, 1.807) is 12.1 Å². The number of β-amino-alcohol motifs (C(OH)–C–C–N with tert-alkyl or cyclic N) is 1. The molecule has 1 fully saturated rings. The highest BCUT2D eigenvalue weighted by Crippen LogP contribution is 2.25. The number of rotatable bonds is 4. The molecule has 0 aromatic heterocycles. The van der Waals surface area contributed by atoms with E-state index in [0.29, 0.717) is 25.9 Å². The summed E-state index contributed by atoms with van der Waals surface area (Å²) in [6.07, 6.45) is 0.921. The van der Waals surface area contributed by atoms with Gasteiger partial charge >= 0.3 is 0 Å². The van der Waals surface area contributed by atoms with Gasteiger partial charge in [-0.1, -0.05) is 26.0 Å². The van der Waals surface area contributed by atoms with Crippen LogP contribution in [-0.2, 0) is 15.0 Å². The van der Waals surface area contributed by atoms with E-state index in [2.05, 4.69) is 5.32 Å². The molecule has 2 rings (SSSR count). The van der Waals surface area contributed by atoms with Gasteiger partial charge in [0.15, 0.2) is 5.60 Å². The Bertz CT molecular complexity index is 615. The zero-order valence-electron chi connectivity index (χ0n) is 14.4. The Kier molecular flexibility index (Phi) is 5.28. The molecule has 1 heterocycles. The minimum atomic E-state index is -1.55. The molecule has 0 bridgehead atoms. The van der Waals surface area contributed by atoms with Crippen LogP contribution in [0, 0.1) is 5.82 Å². The molecule has 1 aromatic carbocycles. The smallest absolute Gasteiger partial charge is 0.253 e. The number of amides is 2. The minimum Gasteiger partial charge on any atom is -0.378 e. The Morgan fingerprint density at radius 3 is 2.54 bits per heavy atom. The third-order valence-electron chi connectivity index (χ3n) is 4.66. The van der Waals surface area contributed by atoms with E-state index < -0.39 is 16.9 Å². The fourth-order valence-corrected chi connectivity index (χ4v) is 2.96. The number of carbonyl (C=O) groups excluding carboxylic acids is 2. The Morgan fingerprint density at radius 1 is 1.33 bits per heavy atom. The van der Waals surface area contributed by atoms with Gasteiger partial charge in [0.1, 0.15) is 5.82 Å². The van der Waals surface area contributed by atoms with E-state index in [9.17, 15) is 19.1 Å². The van der Waals surface area contributed by atoms with Crippen LogP contribution < -0.4 is 5.32 Å². The van der Waals surface area contributed by atoms with Crippen LogP contribution in [0.25, 0.3) is 0 Å². The molecule has 0 unspecified atom stereocenters. The van der Waals surface area contributed by atoms with Gasteiger partial charge in [-0.05, 0) is 30.5 Å². The molecule has 132 valence electrons. The summed E-state index contributed by atoms with van der Waals surface area (Å²) in [7, 11) is 0. The summed E-state index contributed by atoms with van der Waals surface area (Å²) >= 11 is 0. The lowest BCUT2D eigenvalue weighted by Crippen LogP contribution is -2.59. The van der Waals surface area contributed by atoms with Crippen LogP contribution in [0.15, 0.2) is 24.3 Å². The summed E-state index contributed by atoms with van der Waals surface area (Å²) in [6.45, 7) is 6.19. The van der Waals surface area contributed by atoms with Crippen LogP contribution in [-0.4, -0.2) is 47.1 Å². The molecule has 1 aromatic rings. The summed E-state index contributed by atoms with van der Waals surface area (Å²) in [5.41, 5.74) is -1.07. The van der Waals surface area contributed by atoms with Gasteiger partial charge in [0.05, 0.1) is 6.54 Å². The van der Waals surface area contributed by atoms with Crippen LogP contribution in [0.3, 0.4) is 0 Å². The molecule has 0 spiro atoms. The highest BCUT2D eigenvalue weighted by Gasteiger charge is 2.41. The highest BCUT2D eigenvalue weighted by molar-refractivity contribution is 5.86. The topological polar surface area (TPSA) is 69.6 Å². The number of hydrogen-bond acceptors (Lipinski definition) is 3. The number of hydrogen-bond donors (Lipinski definition) is 2. The van der Waals surface area contributed by atoms with E-state index >= 15 is 0 Å². The summed E-state index contributed by atoms with van der Waals surface area (Å²) in [5, 5.41) is 13.4. The summed E-state index contributed by atoms with van der Waals surface area (Å²) in [5.74, 6) is -0.921. The van der Waals surface area contributed by atoms with E-state index in [1.165, 1.54) is 24.0 Å². The standard InChI is InChI=1S/C18H25FN2O3/c1-13(22)21-10-4-9-18(24,12-21)16(23)20-11-17(2,3)14-5-7-15(19)8-6-14/h5-8,24H,4,9-12H2,1-3H3,(H,20,23)/t18-/m0/s1. The second-order valence-electron chi connectivity index (χ2n) is 7.15. The zero-order valence-corrected chi connectivity index (χ0v) is 14.4. The van der Waals surface area contributed by atoms with Crippen molar-refractivity contribution in [3.63, 3.8) is 0 Å². The third-order valence-corrected chi connectivity index (χ3v) is 4.66. The van der Waals surface area contributed by atoms with Crippen LogP contribution in [0.2, 0.25) is 0 Å². The van der Waals surface area contributed by atoms with Crippen molar-refractivity contribution >= 4 is 11.8 Å². The molecule has 2 amide bonds. The van der Waals surface area contributed by atoms with Gasteiger partial charge in [-0.15, -0.1) is 0 Å². The van der Waals surface area contributed by atoms with Gasteiger partial charge in [0.2, 0.25) is 5.91 Å². The molecule has 1 atom stereocenters. The number of halogens is 1. The van der Waals surface area contributed by atoms with Crippen LogP contribution >= 0.6 is 0 Å². The van der Waals surface area contributed by atoms with Gasteiger partial charge in [0.25, 0.3) is 5.91 Å². The monoisotopic (exact) mass is 336 g/mol. The molecule has 2 N–H and O–H groups in total. The minimum absolute atomic E-state index is 0.0190. The van der Waals surface area contributed by atoms with Crippen molar-refractivity contribution in [1.29, 1.82) is 0 Å². The fraction of sp³-hybridized carbons (Fsp3) is 0.556. The summed E-state index contributed by atoms with van der Waals surface area (Å²) < 4.78 is 13.0. The molecule has 0 saturated carbocycles. The molecule has 24 heavy (non-hydrogen) atoms. The molecule has 5 nitrogen and oxygen atoms in total. The Morgan fingerprint density at radius 2 is 1.96 bits per heavy atom. The van der Waals surface area contributed by atoms with E-state index in [1.807, 2.05) is 13.8 Å². The number of likely N-dealkylation sites (tertiary alicyclic amines) is 1. The van der Waals surface area contributed by atoms with Gasteiger partial charge in [-0.2, -0.15) is 0 Å². The lowest BCUT2D eigenvalue weighted by atomic mass is 9.84. The first-order valence-electron chi connectivity index (χ1n) is 8.16. The molecule has 1 aliphatic heterocycles. The van der Waals surface area contributed by atoms with Crippen LogP contribution in [0.5, 0.6) is 0 Å². The summed E-state index contributed by atoms with van der Waals surface area (Å²) in [6, 6.07) is 6.15. The van der Waals surface area contributed by atoms with E-state index in [4.69, 9.17) is 0 Å². The molecule has 6 heteroatoms. The van der Waals surface area contributed by atoms with Crippen molar-refractivity contribution in [2.75, 3.05) is 19.6 Å². The predicted molar refractivity (Wildman–Crippen MR) is 88.9 cm³/mol. The molecular weight excluding hydrogens is 311 g/mol. The average Bonchev–Trinajstić information content (AvgIpc) is 2.53. The molecule has 0 aliphatic carbocycles. The maximum Gasteiger partial charge on any atom is 0.253 e. The Labute approximate surface area is 141 Å². The second-order valence-corrected chi connectivity index (χ2v) is 7.15. The maximum atomic E-state index is 13.0. The number of aliphatic hydroxyl groups is 1. The summed E-state index contributed by atoms with van der Waals surface area (Å²) in [4.78, 5) is 25.4. The number of benzene rings is 1. The molecule has 0 radical (unpaired) electrons. The van der Waals surface area contributed by atoms with Crippen molar-refractivity contribution in [3.8, 4) is 0 Å².